The van der Waals surface area contributed by atoms with Gasteiger partial charge in [0.05, 0.1) is 6.07 Å². The molecule has 20 heavy (non-hydrogen) atoms. The highest BCUT2D eigenvalue weighted by molar-refractivity contribution is 7.90. The van der Waals surface area contributed by atoms with E-state index in [4.69, 9.17) is 15.5 Å². The first-order chi connectivity index (χ1) is 9.26. The van der Waals surface area contributed by atoms with E-state index in [0.29, 0.717) is 5.56 Å². The summed E-state index contributed by atoms with van der Waals surface area (Å²) in [4.78, 5) is 11.1. The van der Waals surface area contributed by atoms with Crippen LogP contribution in [0.1, 0.15) is 12.5 Å². The molecule has 0 aromatic heterocycles. The monoisotopic (exact) mass is 298 g/mol. The molecule has 0 aliphatic heterocycles. The van der Waals surface area contributed by atoms with Crippen LogP contribution < -0.4 is 4.72 Å². The van der Waals surface area contributed by atoms with Crippen LogP contribution in [0.5, 0.6) is 5.75 Å². The molecule has 0 spiro atoms. The minimum absolute atomic E-state index is 0.0271. The van der Waals surface area contributed by atoms with Gasteiger partial charge in [-0.1, -0.05) is 12.1 Å². The summed E-state index contributed by atoms with van der Waals surface area (Å²) >= 11 is 0. The second-order valence-corrected chi connectivity index (χ2v) is 6.23. The number of aromatic hydroxyl groups is 1. The summed E-state index contributed by atoms with van der Waals surface area (Å²) in [6.45, 7) is 1.17. The molecule has 0 aliphatic rings. The molecule has 0 amide bonds. The number of carbonyl (C=O) groups is 1. The minimum Gasteiger partial charge on any atom is -0.508 e. The number of phenols is 1. The van der Waals surface area contributed by atoms with Crippen molar-refractivity contribution in [1.82, 2.24) is 4.72 Å². The van der Waals surface area contributed by atoms with Crippen LogP contribution in [0.15, 0.2) is 24.3 Å². The lowest BCUT2D eigenvalue weighted by molar-refractivity contribution is -0.138. The molecule has 0 saturated carbocycles. The van der Waals surface area contributed by atoms with Crippen LogP contribution in [0.4, 0.5) is 0 Å². The molecule has 2 atom stereocenters. The maximum absolute atomic E-state index is 11.7. The van der Waals surface area contributed by atoms with Gasteiger partial charge in [0.1, 0.15) is 11.8 Å². The smallest absolute Gasteiger partial charge is 0.322 e. The van der Waals surface area contributed by atoms with Gasteiger partial charge in [-0.15, -0.1) is 0 Å². The van der Waals surface area contributed by atoms with Gasteiger partial charge >= 0.3 is 5.97 Å². The maximum atomic E-state index is 11.7. The van der Waals surface area contributed by atoms with Gasteiger partial charge in [-0.25, -0.2) is 8.42 Å². The Morgan fingerprint density at radius 2 is 1.95 bits per heavy atom. The number of nitrogens with zero attached hydrogens (tertiary/aromatic N) is 1. The fourth-order valence-corrected chi connectivity index (χ4v) is 2.34. The number of phenolic OH excluding ortho intramolecular Hbond substituents is 1. The molecule has 108 valence electrons. The summed E-state index contributed by atoms with van der Waals surface area (Å²) in [6.07, 6.45) is -0.0903. The maximum Gasteiger partial charge on any atom is 0.322 e. The van der Waals surface area contributed by atoms with E-state index in [1.807, 2.05) is 4.72 Å². The van der Waals surface area contributed by atoms with Crippen LogP contribution in [0, 0.1) is 11.3 Å². The second-order valence-electron chi connectivity index (χ2n) is 4.20. The van der Waals surface area contributed by atoms with Gasteiger partial charge in [-0.2, -0.15) is 9.98 Å². The average molecular weight is 298 g/mol. The van der Waals surface area contributed by atoms with Crippen molar-refractivity contribution >= 4 is 16.0 Å². The van der Waals surface area contributed by atoms with Crippen LogP contribution in [0.3, 0.4) is 0 Å². The van der Waals surface area contributed by atoms with E-state index >= 15 is 0 Å². The standard InChI is InChI=1S/C12H14N2O5S/c1-8(7-13)20(18,19)14-11(12(16)17)6-9-2-4-10(15)5-3-9/h2-5,8,11,14-15H,6H2,1H3,(H,16,17). The van der Waals surface area contributed by atoms with E-state index in [1.165, 1.54) is 31.2 Å². The Morgan fingerprint density at radius 3 is 2.40 bits per heavy atom. The van der Waals surface area contributed by atoms with Gasteiger partial charge in [-0.05, 0) is 31.0 Å². The van der Waals surface area contributed by atoms with Gasteiger partial charge in [-0.3, -0.25) is 4.79 Å². The molecule has 0 bridgehead atoms. The van der Waals surface area contributed by atoms with Gasteiger partial charge < -0.3 is 10.2 Å². The van der Waals surface area contributed by atoms with Crippen molar-refractivity contribution in [2.24, 2.45) is 0 Å². The molecule has 0 radical (unpaired) electrons. The molecule has 0 heterocycles. The molecule has 0 aliphatic carbocycles. The Labute approximate surface area is 116 Å². The summed E-state index contributed by atoms with van der Waals surface area (Å²) in [5.74, 6) is -1.31. The van der Waals surface area contributed by atoms with E-state index in [1.54, 1.807) is 6.07 Å². The number of hydrogen-bond donors (Lipinski definition) is 3. The summed E-state index contributed by atoms with van der Waals surface area (Å²) in [7, 11) is -4.02. The lowest BCUT2D eigenvalue weighted by Crippen LogP contribution is -2.45. The van der Waals surface area contributed by atoms with Crippen molar-refractivity contribution in [2.45, 2.75) is 24.6 Å². The third kappa shape index (κ3) is 4.22. The van der Waals surface area contributed by atoms with Crippen LogP contribution in [0.2, 0.25) is 0 Å². The first-order valence-electron chi connectivity index (χ1n) is 5.67. The highest BCUT2D eigenvalue weighted by atomic mass is 32.2. The van der Waals surface area contributed by atoms with Crippen LogP contribution in [0.25, 0.3) is 0 Å². The van der Waals surface area contributed by atoms with Crippen molar-refractivity contribution in [3.8, 4) is 11.8 Å². The Hall–Kier alpha value is -2.11. The zero-order valence-corrected chi connectivity index (χ0v) is 11.5. The predicted octanol–water partition coefficient (Wildman–Crippen LogP) is 0.219. The van der Waals surface area contributed by atoms with E-state index < -0.39 is 27.3 Å². The molecular formula is C12H14N2O5S. The molecule has 7 nitrogen and oxygen atoms in total. The molecule has 1 rings (SSSR count). The van der Waals surface area contributed by atoms with Gasteiger partial charge in [0.2, 0.25) is 10.0 Å². The molecule has 3 N–H and O–H groups in total. The zero-order chi connectivity index (χ0) is 15.3. The zero-order valence-electron chi connectivity index (χ0n) is 10.6. The minimum atomic E-state index is -4.02. The van der Waals surface area contributed by atoms with Crippen molar-refractivity contribution in [2.75, 3.05) is 0 Å². The number of nitrogens with one attached hydrogen (secondary N) is 1. The van der Waals surface area contributed by atoms with Crippen molar-refractivity contribution < 1.29 is 23.4 Å². The summed E-state index contributed by atoms with van der Waals surface area (Å²) in [6, 6.07) is 5.91. The summed E-state index contributed by atoms with van der Waals surface area (Å²) in [5.41, 5.74) is 0.544. The fraction of sp³-hybridized carbons (Fsp3) is 0.333. The first kappa shape index (κ1) is 15.9. The number of sulfonamides is 1. The topological polar surface area (TPSA) is 127 Å². The SMILES string of the molecule is CC(C#N)S(=O)(=O)NC(Cc1ccc(O)cc1)C(=O)O. The van der Waals surface area contributed by atoms with Crippen LogP contribution >= 0.6 is 0 Å². The molecule has 0 fully saturated rings. The van der Waals surface area contributed by atoms with E-state index in [9.17, 15) is 13.2 Å². The number of nitriles is 1. The Morgan fingerprint density at radius 1 is 1.40 bits per heavy atom. The lowest BCUT2D eigenvalue weighted by atomic mass is 10.1. The predicted molar refractivity (Wildman–Crippen MR) is 70.4 cm³/mol. The Kier molecular flexibility index (Phi) is 5.07. The summed E-state index contributed by atoms with van der Waals surface area (Å²) in [5, 5.41) is 25.4. The number of hydrogen-bond acceptors (Lipinski definition) is 5. The van der Waals surface area contributed by atoms with Crippen LogP contribution in [-0.4, -0.2) is 35.9 Å². The largest absolute Gasteiger partial charge is 0.508 e. The number of aliphatic carboxylic acids is 1. The van der Waals surface area contributed by atoms with Gasteiger partial charge in [0, 0.05) is 0 Å². The van der Waals surface area contributed by atoms with E-state index in [2.05, 4.69) is 0 Å². The van der Waals surface area contributed by atoms with Crippen LogP contribution in [-0.2, 0) is 21.2 Å². The molecule has 0 saturated heterocycles. The average Bonchev–Trinajstić information content (AvgIpc) is 2.39. The number of carboxylic acid groups (broad SMARTS) is 1. The second kappa shape index (κ2) is 6.36. The first-order valence-corrected chi connectivity index (χ1v) is 7.22. The van der Waals surface area contributed by atoms with E-state index in [0.717, 1.165) is 0 Å². The summed E-state index contributed by atoms with van der Waals surface area (Å²) < 4.78 is 25.4. The fourth-order valence-electron chi connectivity index (χ4n) is 1.42. The third-order valence-electron chi connectivity index (χ3n) is 2.63. The third-order valence-corrected chi connectivity index (χ3v) is 4.28. The number of carboxylic acids is 1. The quantitative estimate of drug-likeness (QED) is 0.689. The Bertz CT molecular complexity index is 618. The number of benzene rings is 1. The molecule has 2 unspecified atom stereocenters. The van der Waals surface area contributed by atoms with Crippen molar-refractivity contribution in [1.29, 1.82) is 5.26 Å². The van der Waals surface area contributed by atoms with Gasteiger partial charge in [0.15, 0.2) is 5.25 Å². The normalized spacial score (nSPS) is 14.2. The highest BCUT2D eigenvalue weighted by Crippen LogP contribution is 2.12. The lowest BCUT2D eigenvalue weighted by Gasteiger charge is -2.15. The Balaban J connectivity index is 2.89. The molecule has 1 aromatic carbocycles. The molecule has 1 aromatic rings. The van der Waals surface area contributed by atoms with E-state index in [-0.39, 0.29) is 12.2 Å². The molecular weight excluding hydrogens is 284 g/mol. The highest BCUT2D eigenvalue weighted by Gasteiger charge is 2.28. The number of rotatable bonds is 6. The van der Waals surface area contributed by atoms with Crippen molar-refractivity contribution in [3.63, 3.8) is 0 Å². The molecule has 8 heteroatoms. The van der Waals surface area contributed by atoms with Gasteiger partial charge in [0.25, 0.3) is 0 Å². The van der Waals surface area contributed by atoms with Crippen molar-refractivity contribution in [3.05, 3.63) is 29.8 Å².